The average molecular weight is 298 g/mol. The Balaban J connectivity index is 2.20. The van der Waals surface area contributed by atoms with Crippen molar-refractivity contribution in [3.05, 3.63) is 68.8 Å². The Hall–Kier alpha value is -2.69. The van der Waals surface area contributed by atoms with Gasteiger partial charge >= 0.3 is 0 Å². The molecule has 22 heavy (non-hydrogen) atoms. The van der Waals surface area contributed by atoms with E-state index in [0.29, 0.717) is 5.56 Å². The Bertz CT molecular complexity index is 715. The van der Waals surface area contributed by atoms with Gasteiger partial charge in [0.2, 0.25) is 5.91 Å². The SMILES string of the molecule is Cc1cc(C)c(NC(=O)Cc2ccccc2[N+](=O)[O-])c(C)c1. The van der Waals surface area contributed by atoms with Gasteiger partial charge in [0.15, 0.2) is 0 Å². The molecule has 0 aromatic heterocycles. The quantitative estimate of drug-likeness (QED) is 0.691. The Kier molecular flexibility index (Phi) is 4.56. The zero-order valence-corrected chi connectivity index (χ0v) is 12.8. The minimum atomic E-state index is -0.467. The number of nitro groups is 1. The molecular weight excluding hydrogens is 280 g/mol. The molecule has 0 fully saturated rings. The van der Waals surface area contributed by atoms with Crippen molar-refractivity contribution in [2.75, 3.05) is 5.32 Å². The van der Waals surface area contributed by atoms with E-state index in [1.165, 1.54) is 6.07 Å². The van der Waals surface area contributed by atoms with E-state index in [1.54, 1.807) is 18.2 Å². The molecule has 0 saturated heterocycles. The van der Waals surface area contributed by atoms with Gasteiger partial charge in [-0.15, -0.1) is 0 Å². The molecule has 0 unspecified atom stereocenters. The van der Waals surface area contributed by atoms with Crippen LogP contribution in [-0.4, -0.2) is 10.8 Å². The number of nitrogens with one attached hydrogen (secondary N) is 1. The van der Waals surface area contributed by atoms with Crippen LogP contribution in [0.2, 0.25) is 0 Å². The zero-order valence-electron chi connectivity index (χ0n) is 12.8. The van der Waals surface area contributed by atoms with Crippen LogP contribution in [-0.2, 0) is 11.2 Å². The summed E-state index contributed by atoms with van der Waals surface area (Å²) in [6.45, 7) is 5.86. The molecule has 1 N–H and O–H groups in total. The molecular formula is C17H18N2O3. The number of amides is 1. The topological polar surface area (TPSA) is 72.2 Å². The van der Waals surface area contributed by atoms with E-state index in [1.807, 2.05) is 32.9 Å². The van der Waals surface area contributed by atoms with Gasteiger partial charge in [0.05, 0.1) is 11.3 Å². The molecule has 0 aliphatic rings. The van der Waals surface area contributed by atoms with Gasteiger partial charge in [-0.1, -0.05) is 35.9 Å². The van der Waals surface area contributed by atoms with Gasteiger partial charge in [-0.3, -0.25) is 14.9 Å². The summed E-state index contributed by atoms with van der Waals surface area (Å²) < 4.78 is 0. The van der Waals surface area contributed by atoms with Crippen LogP contribution in [0.3, 0.4) is 0 Å². The van der Waals surface area contributed by atoms with E-state index in [2.05, 4.69) is 5.32 Å². The maximum atomic E-state index is 12.2. The van der Waals surface area contributed by atoms with Gasteiger partial charge in [0, 0.05) is 17.3 Å². The van der Waals surface area contributed by atoms with Gasteiger partial charge < -0.3 is 5.32 Å². The van der Waals surface area contributed by atoms with Crippen LogP contribution in [0.1, 0.15) is 22.3 Å². The highest BCUT2D eigenvalue weighted by Crippen LogP contribution is 2.23. The summed E-state index contributed by atoms with van der Waals surface area (Å²) in [5.74, 6) is -0.260. The van der Waals surface area contributed by atoms with Crippen molar-refractivity contribution in [2.24, 2.45) is 0 Å². The lowest BCUT2D eigenvalue weighted by Gasteiger charge is -2.13. The molecule has 0 spiro atoms. The number of anilines is 1. The summed E-state index contributed by atoms with van der Waals surface area (Å²) in [5.41, 5.74) is 4.24. The number of para-hydroxylation sites is 1. The maximum absolute atomic E-state index is 12.2. The van der Waals surface area contributed by atoms with E-state index >= 15 is 0 Å². The van der Waals surface area contributed by atoms with Gasteiger partial charge in [0.25, 0.3) is 5.69 Å². The molecule has 2 aromatic carbocycles. The van der Waals surface area contributed by atoms with E-state index in [4.69, 9.17) is 0 Å². The maximum Gasteiger partial charge on any atom is 0.273 e. The first kappa shape index (κ1) is 15.7. The minimum Gasteiger partial charge on any atom is -0.325 e. The van der Waals surface area contributed by atoms with E-state index in [-0.39, 0.29) is 18.0 Å². The molecule has 2 rings (SSSR count). The predicted octanol–water partition coefficient (Wildman–Crippen LogP) is 3.70. The molecule has 0 bridgehead atoms. The Morgan fingerprint density at radius 2 is 1.73 bits per heavy atom. The van der Waals surface area contributed by atoms with Crippen LogP contribution >= 0.6 is 0 Å². The number of carbonyl (C=O) groups is 1. The van der Waals surface area contributed by atoms with Gasteiger partial charge in [-0.2, -0.15) is 0 Å². The molecule has 0 saturated carbocycles. The number of carbonyl (C=O) groups excluding carboxylic acids is 1. The lowest BCUT2D eigenvalue weighted by atomic mass is 10.0. The van der Waals surface area contributed by atoms with Crippen LogP contribution in [0.4, 0.5) is 11.4 Å². The van der Waals surface area contributed by atoms with Crippen molar-refractivity contribution in [3.63, 3.8) is 0 Å². The Labute approximate surface area is 129 Å². The van der Waals surface area contributed by atoms with Crippen molar-refractivity contribution in [1.82, 2.24) is 0 Å². The smallest absolute Gasteiger partial charge is 0.273 e. The van der Waals surface area contributed by atoms with Crippen LogP contribution in [0.5, 0.6) is 0 Å². The van der Waals surface area contributed by atoms with Gasteiger partial charge in [-0.25, -0.2) is 0 Å². The highest BCUT2D eigenvalue weighted by molar-refractivity contribution is 5.94. The number of aryl methyl sites for hydroxylation is 3. The molecule has 5 nitrogen and oxygen atoms in total. The Morgan fingerprint density at radius 3 is 2.32 bits per heavy atom. The van der Waals surface area contributed by atoms with Crippen LogP contribution < -0.4 is 5.32 Å². The molecule has 0 atom stereocenters. The predicted molar refractivity (Wildman–Crippen MR) is 86.1 cm³/mol. The minimum absolute atomic E-state index is 0.0239. The highest BCUT2D eigenvalue weighted by Gasteiger charge is 2.16. The lowest BCUT2D eigenvalue weighted by Crippen LogP contribution is -2.16. The molecule has 0 aliphatic heterocycles. The third-order valence-electron chi connectivity index (χ3n) is 3.48. The van der Waals surface area contributed by atoms with Crippen molar-refractivity contribution >= 4 is 17.3 Å². The molecule has 1 amide bonds. The summed E-state index contributed by atoms with van der Waals surface area (Å²) in [5, 5.41) is 13.8. The second-order valence-electron chi connectivity index (χ2n) is 5.38. The Morgan fingerprint density at radius 1 is 1.14 bits per heavy atom. The first-order valence-electron chi connectivity index (χ1n) is 6.98. The van der Waals surface area contributed by atoms with E-state index in [9.17, 15) is 14.9 Å². The van der Waals surface area contributed by atoms with Gasteiger partial charge in [0.1, 0.15) is 0 Å². The fourth-order valence-corrected chi connectivity index (χ4v) is 2.57. The normalized spacial score (nSPS) is 10.3. The highest BCUT2D eigenvalue weighted by atomic mass is 16.6. The third kappa shape index (κ3) is 3.49. The van der Waals surface area contributed by atoms with Crippen LogP contribution in [0, 0.1) is 30.9 Å². The van der Waals surface area contributed by atoms with E-state index in [0.717, 1.165) is 22.4 Å². The fraction of sp³-hybridized carbons (Fsp3) is 0.235. The molecule has 0 aliphatic carbocycles. The zero-order chi connectivity index (χ0) is 16.3. The van der Waals surface area contributed by atoms with Crippen molar-refractivity contribution in [2.45, 2.75) is 27.2 Å². The van der Waals surface area contributed by atoms with Crippen molar-refractivity contribution in [3.8, 4) is 0 Å². The standard InChI is InChI=1S/C17H18N2O3/c1-11-8-12(2)17(13(3)9-11)18-16(20)10-14-6-4-5-7-15(14)19(21)22/h4-9H,10H2,1-3H3,(H,18,20). The summed E-state index contributed by atoms with van der Waals surface area (Å²) in [4.78, 5) is 22.7. The van der Waals surface area contributed by atoms with Crippen LogP contribution in [0.15, 0.2) is 36.4 Å². The fourth-order valence-electron chi connectivity index (χ4n) is 2.57. The lowest BCUT2D eigenvalue weighted by molar-refractivity contribution is -0.385. The second-order valence-corrected chi connectivity index (χ2v) is 5.38. The van der Waals surface area contributed by atoms with Crippen molar-refractivity contribution < 1.29 is 9.72 Å². The summed E-state index contributed by atoms with van der Waals surface area (Å²) >= 11 is 0. The number of hydrogen-bond donors (Lipinski definition) is 1. The first-order chi connectivity index (χ1) is 10.4. The number of nitrogens with zero attached hydrogens (tertiary/aromatic N) is 1. The molecule has 0 heterocycles. The third-order valence-corrected chi connectivity index (χ3v) is 3.48. The van der Waals surface area contributed by atoms with Gasteiger partial charge in [-0.05, 0) is 31.9 Å². The summed E-state index contributed by atoms with van der Waals surface area (Å²) in [6.07, 6.45) is -0.0239. The first-order valence-corrected chi connectivity index (χ1v) is 6.98. The summed E-state index contributed by atoms with van der Waals surface area (Å²) in [7, 11) is 0. The number of benzene rings is 2. The molecule has 5 heteroatoms. The largest absolute Gasteiger partial charge is 0.325 e. The summed E-state index contributed by atoms with van der Waals surface area (Å²) in [6, 6.07) is 10.3. The van der Waals surface area contributed by atoms with Crippen molar-refractivity contribution in [1.29, 1.82) is 0 Å². The number of rotatable bonds is 4. The van der Waals surface area contributed by atoms with E-state index < -0.39 is 4.92 Å². The van der Waals surface area contributed by atoms with Crippen LogP contribution in [0.25, 0.3) is 0 Å². The number of hydrogen-bond acceptors (Lipinski definition) is 3. The number of nitro benzene ring substituents is 1. The molecule has 114 valence electrons. The average Bonchev–Trinajstić information content (AvgIpc) is 2.43. The molecule has 0 radical (unpaired) electrons. The molecule has 2 aromatic rings. The second kappa shape index (κ2) is 6.39. The monoisotopic (exact) mass is 298 g/mol.